The summed E-state index contributed by atoms with van der Waals surface area (Å²) in [6, 6.07) is 12.3. The number of benzene rings is 2. The van der Waals surface area contributed by atoms with E-state index in [1.165, 1.54) is 51.4 Å². The van der Waals surface area contributed by atoms with Crippen LogP contribution in [0.4, 0.5) is 0 Å². The maximum Gasteiger partial charge on any atom is 0.160 e. The molecule has 34 heavy (non-hydrogen) atoms. The number of nitrogens with zero attached hydrogens (tertiary/aromatic N) is 3. The second-order valence-electron chi connectivity index (χ2n) is 9.26. The SMILES string of the molecule is CCCCCCCOc1ccc(OCCCCCCC)c2c1nc1c3ccccc3nc-1n2C. The minimum absolute atomic E-state index is 0.708. The molecule has 5 nitrogen and oxygen atoms in total. The molecule has 0 saturated carbocycles. The van der Waals surface area contributed by atoms with Gasteiger partial charge in [0.2, 0.25) is 0 Å². The summed E-state index contributed by atoms with van der Waals surface area (Å²) >= 11 is 0. The highest BCUT2D eigenvalue weighted by Crippen LogP contribution is 2.38. The lowest BCUT2D eigenvalue weighted by molar-refractivity contribution is 0.300. The van der Waals surface area contributed by atoms with Crippen molar-refractivity contribution in [2.24, 2.45) is 7.05 Å². The third-order valence-corrected chi connectivity index (χ3v) is 6.56. The summed E-state index contributed by atoms with van der Waals surface area (Å²) in [7, 11) is 2.06. The molecule has 0 fully saturated rings. The first-order valence-electron chi connectivity index (χ1n) is 13.2. The maximum atomic E-state index is 6.28. The molecule has 4 rings (SSSR count). The first-order chi connectivity index (χ1) is 16.7. The van der Waals surface area contributed by atoms with E-state index in [9.17, 15) is 0 Å². The van der Waals surface area contributed by atoms with E-state index in [-0.39, 0.29) is 0 Å². The van der Waals surface area contributed by atoms with E-state index in [1.54, 1.807) is 0 Å². The lowest BCUT2D eigenvalue weighted by Gasteiger charge is -2.18. The summed E-state index contributed by atoms with van der Waals surface area (Å²) in [6.45, 7) is 5.91. The van der Waals surface area contributed by atoms with Crippen LogP contribution in [0.5, 0.6) is 11.5 Å². The standard InChI is InChI=1S/C29H39N3O2/c1-4-6-8-10-14-20-33-24-18-19-25(34-21-15-11-9-7-5-2)28-27(24)31-26-22-16-12-13-17-23(22)30-29(26)32(28)3/h12-13,16-19H,4-11,14-15,20-21H2,1-3H3. The molecule has 0 atom stereocenters. The lowest BCUT2D eigenvalue weighted by Crippen LogP contribution is -2.08. The minimum atomic E-state index is 0.708. The maximum absolute atomic E-state index is 6.28. The van der Waals surface area contributed by atoms with Crippen LogP contribution in [0.25, 0.3) is 33.5 Å². The number of aryl methyl sites for hydroxylation is 1. The van der Waals surface area contributed by atoms with E-state index in [0.717, 1.165) is 57.8 Å². The Morgan fingerprint density at radius 3 is 2.03 bits per heavy atom. The van der Waals surface area contributed by atoms with E-state index in [4.69, 9.17) is 19.4 Å². The van der Waals surface area contributed by atoms with Gasteiger partial charge in [-0.05, 0) is 31.0 Å². The number of rotatable bonds is 14. The third kappa shape index (κ3) is 5.45. The summed E-state index contributed by atoms with van der Waals surface area (Å²) in [5, 5.41) is 1.07. The molecule has 2 aromatic carbocycles. The van der Waals surface area contributed by atoms with Crippen LogP contribution >= 0.6 is 0 Å². The van der Waals surface area contributed by atoms with Gasteiger partial charge in [0.1, 0.15) is 28.2 Å². The number of fused-ring (bicyclic) bond motifs is 4. The van der Waals surface area contributed by atoms with Crippen molar-refractivity contribution in [3.05, 3.63) is 36.4 Å². The minimum Gasteiger partial charge on any atom is -0.491 e. The van der Waals surface area contributed by atoms with Gasteiger partial charge in [-0.2, -0.15) is 0 Å². The van der Waals surface area contributed by atoms with Gasteiger partial charge in [0, 0.05) is 12.4 Å². The first-order valence-corrected chi connectivity index (χ1v) is 13.2. The van der Waals surface area contributed by atoms with Gasteiger partial charge >= 0.3 is 0 Å². The second-order valence-corrected chi connectivity index (χ2v) is 9.26. The molecule has 5 heteroatoms. The highest BCUT2D eigenvalue weighted by atomic mass is 16.5. The zero-order valence-corrected chi connectivity index (χ0v) is 21.1. The van der Waals surface area contributed by atoms with Crippen molar-refractivity contribution in [2.75, 3.05) is 13.2 Å². The number of hydrogen-bond donors (Lipinski definition) is 0. The summed E-state index contributed by atoms with van der Waals surface area (Å²) in [5.74, 6) is 2.55. The molecule has 0 aliphatic carbocycles. The molecule has 2 aliphatic heterocycles. The second kappa shape index (κ2) is 12.0. The molecular weight excluding hydrogens is 422 g/mol. The molecule has 0 amide bonds. The van der Waals surface area contributed by atoms with E-state index >= 15 is 0 Å². The monoisotopic (exact) mass is 461 g/mol. The van der Waals surface area contributed by atoms with Crippen LogP contribution in [-0.4, -0.2) is 27.7 Å². The summed E-state index contributed by atoms with van der Waals surface area (Å²) in [6.07, 6.45) is 12.2. The molecule has 0 N–H and O–H groups in total. The van der Waals surface area contributed by atoms with E-state index in [0.29, 0.717) is 13.2 Å². The predicted molar refractivity (Wildman–Crippen MR) is 141 cm³/mol. The zero-order chi connectivity index (χ0) is 23.8. The molecular formula is C29H39N3O2. The van der Waals surface area contributed by atoms with Crippen molar-refractivity contribution >= 4 is 21.9 Å². The molecule has 2 aromatic rings. The van der Waals surface area contributed by atoms with E-state index in [1.807, 2.05) is 30.3 Å². The molecule has 0 bridgehead atoms. The average Bonchev–Trinajstić information content (AvgIpc) is 3.23. The van der Waals surface area contributed by atoms with Crippen molar-refractivity contribution in [3.8, 4) is 23.0 Å². The fourth-order valence-corrected chi connectivity index (χ4v) is 4.60. The quantitative estimate of drug-likeness (QED) is 0.179. The van der Waals surface area contributed by atoms with Crippen LogP contribution in [0.1, 0.15) is 78.1 Å². The molecule has 0 unspecified atom stereocenters. The molecule has 0 radical (unpaired) electrons. The Hall–Kier alpha value is -2.82. The van der Waals surface area contributed by atoms with Crippen molar-refractivity contribution in [1.82, 2.24) is 14.5 Å². The molecule has 2 heterocycles. The fraction of sp³-hybridized carbons (Fsp3) is 0.517. The molecule has 0 saturated heterocycles. The van der Waals surface area contributed by atoms with Gasteiger partial charge in [-0.1, -0.05) is 83.4 Å². The van der Waals surface area contributed by atoms with Crippen molar-refractivity contribution < 1.29 is 9.47 Å². The third-order valence-electron chi connectivity index (χ3n) is 6.56. The van der Waals surface area contributed by atoms with E-state index in [2.05, 4.69) is 31.5 Å². The van der Waals surface area contributed by atoms with Gasteiger partial charge in [0.25, 0.3) is 0 Å². The van der Waals surface area contributed by atoms with Crippen molar-refractivity contribution in [2.45, 2.75) is 78.1 Å². The topological polar surface area (TPSA) is 49.2 Å². The molecule has 182 valence electrons. The van der Waals surface area contributed by atoms with Crippen LogP contribution in [0.15, 0.2) is 36.4 Å². The molecule has 0 spiro atoms. The van der Waals surface area contributed by atoms with Crippen LogP contribution in [0.2, 0.25) is 0 Å². The normalized spacial score (nSPS) is 11.6. The fourth-order valence-electron chi connectivity index (χ4n) is 4.60. The predicted octanol–water partition coefficient (Wildman–Crippen LogP) is 7.92. The Kier molecular flexibility index (Phi) is 8.62. The summed E-state index contributed by atoms with van der Waals surface area (Å²) < 4.78 is 14.7. The van der Waals surface area contributed by atoms with Crippen LogP contribution in [0.3, 0.4) is 0 Å². The Bertz CT molecular complexity index is 1170. The van der Waals surface area contributed by atoms with Crippen LogP contribution < -0.4 is 9.47 Å². The first kappa shape index (κ1) is 24.3. The van der Waals surface area contributed by atoms with Gasteiger partial charge in [0.05, 0.1) is 18.7 Å². The largest absolute Gasteiger partial charge is 0.491 e. The number of para-hydroxylation sites is 1. The Labute approximate surface area is 203 Å². The Morgan fingerprint density at radius 2 is 1.32 bits per heavy atom. The summed E-state index contributed by atoms with van der Waals surface area (Å²) in [5.41, 5.74) is 3.68. The zero-order valence-electron chi connectivity index (χ0n) is 21.1. The summed E-state index contributed by atoms with van der Waals surface area (Å²) in [4.78, 5) is 9.97. The number of ether oxygens (including phenoxy) is 2. The number of hydrogen-bond acceptors (Lipinski definition) is 4. The highest BCUT2D eigenvalue weighted by molar-refractivity contribution is 5.99. The lowest BCUT2D eigenvalue weighted by atomic mass is 10.1. The number of aromatic nitrogens is 3. The smallest absolute Gasteiger partial charge is 0.160 e. The highest BCUT2D eigenvalue weighted by Gasteiger charge is 2.22. The Morgan fingerprint density at radius 1 is 0.706 bits per heavy atom. The number of unbranched alkanes of at least 4 members (excludes halogenated alkanes) is 8. The van der Waals surface area contributed by atoms with Crippen LogP contribution in [0, 0.1) is 0 Å². The van der Waals surface area contributed by atoms with Crippen LogP contribution in [-0.2, 0) is 7.05 Å². The van der Waals surface area contributed by atoms with Crippen molar-refractivity contribution in [3.63, 3.8) is 0 Å². The van der Waals surface area contributed by atoms with Gasteiger partial charge in [-0.3, -0.25) is 0 Å². The molecule has 0 aromatic heterocycles. The Balaban J connectivity index is 1.64. The van der Waals surface area contributed by atoms with Gasteiger partial charge < -0.3 is 14.0 Å². The van der Waals surface area contributed by atoms with E-state index < -0.39 is 0 Å². The van der Waals surface area contributed by atoms with Gasteiger partial charge in [0.15, 0.2) is 5.82 Å². The average molecular weight is 462 g/mol. The van der Waals surface area contributed by atoms with Gasteiger partial charge in [-0.15, -0.1) is 0 Å². The van der Waals surface area contributed by atoms with Crippen molar-refractivity contribution in [1.29, 1.82) is 0 Å². The van der Waals surface area contributed by atoms with Gasteiger partial charge in [-0.25, -0.2) is 9.97 Å². The molecule has 2 aliphatic rings.